The fourth-order valence-corrected chi connectivity index (χ4v) is 2.88. The van der Waals surface area contributed by atoms with E-state index in [1.807, 2.05) is 0 Å². The third-order valence-electron chi connectivity index (χ3n) is 2.22. The van der Waals surface area contributed by atoms with Gasteiger partial charge >= 0.3 is 0 Å². The van der Waals surface area contributed by atoms with Crippen LogP contribution in [0.1, 0.15) is 33.6 Å². The van der Waals surface area contributed by atoms with Gasteiger partial charge in [-0.25, -0.2) is 0 Å². The predicted molar refractivity (Wildman–Crippen MR) is 60.4 cm³/mol. The largest absolute Gasteiger partial charge is 0.361 e. The summed E-state index contributed by atoms with van der Waals surface area (Å²) < 4.78 is 0.916. The molecule has 1 N–H and O–H groups in total. The second-order valence-corrected chi connectivity index (χ2v) is 4.90. The third kappa shape index (κ3) is 1.83. The van der Waals surface area contributed by atoms with E-state index < -0.39 is 0 Å². The molecule has 0 aromatic carbocycles. The topological polar surface area (TPSA) is 12.0 Å². The van der Waals surface area contributed by atoms with Crippen LogP contribution in [-0.4, -0.2) is 9.86 Å². The number of thiocarbonyl (C=S) groups is 1. The van der Waals surface area contributed by atoms with Crippen molar-refractivity contribution in [1.29, 1.82) is 0 Å². The van der Waals surface area contributed by atoms with E-state index in [0.717, 1.165) is 17.2 Å². The molecule has 68 valence electrons. The van der Waals surface area contributed by atoms with Gasteiger partial charge in [0, 0.05) is 4.91 Å². The van der Waals surface area contributed by atoms with Crippen LogP contribution in [-0.2, 0) is 0 Å². The van der Waals surface area contributed by atoms with Gasteiger partial charge in [0.1, 0.15) is 4.32 Å². The summed E-state index contributed by atoms with van der Waals surface area (Å²) in [4.78, 5) is 1.39. The summed E-state index contributed by atoms with van der Waals surface area (Å²) in [6, 6.07) is 0. The minimum atomic E-state index is 0.109. The van der Waals surface area contributed by atoms with Crippen molar-refractivity contribution >= 4 is 28.3 Å². The second-order valence-electron chi connectivity index (χ2n) is 3.18. The van der Waals surface area contributed by atoms with E-state index in [1.54, 1.807) is 11.8 Å². The van der Waals surface area contributed by atoms with E-state index in [1.165, 1.54) is 4.91 Å². The number of rotatable bonds is 2. The Bertz CT molecular complexity index is 223. The Morgan fingerprint density at radius 3 is 2.75 bits per heavy atom. The van der Waals surface area contributed by atoms with Crippen LogP contribution < -0.4 is 5.32 Å². The molecule has 1 atom stereocenters. The van der Waals surface area contributed by atoms with E-state index in [-0.39, 0.29) is 5.54 Å². The maximum Gasteiger partial charge on any atom is 0.139 e. The summed E-state index contributed by atoms with van der Waals surface area (Å²) >= 11 is 6.84. The summed E-state index contributed by atoms with van der Waals surface area (Å²) in [6.07, 6.45) is 4.44. The van der Waals surface area contributed by atoms with E-state index in [2.05, 4.69) is 32.2 Å². The van der Waals surface area contributed by atoms with Gasteiger partial charge in [0.05, 0.1) is 5.54 Å². The standard InChI is InChI=1S/C9H15NS2/c1-4-6-7-9(3,5-2)10-8(11)12-7/h6H,4-5H2,1-3H3,(H,10,11)/b7-6+. The zero-order valence-electron chi connectivity index (χ0n) is 7.81. The molecule has 3 heteroatoms. The number of nitrogens with one attached hydrogen (secondary N) is 1. The molecule has 1 fully saturated rings. The van der Waals surface area contributed by atoms with Crippen molar-refractivity contribution in [3.63, 3.8) is 0 Å². The lowest BCUT2D eigenvalue weighted by Crippen LogP contribution is -2.38. The minimum Gasteiger partial charge on any atom is -0.361 e. The Morgan fingerprint density at radius 1 is 1.58 bits per heavy atom. The van der Waals surface area contributed by atoms with Gasteiger partial charge in [-0.15, -0.1) is 0 Å². The Hall–Kier alpha value is -0.0200. The summed E-state index contributed by atoms with van der Waals surface area (Å²) in [6.45, 7) is 6.55. The minimum absolute atomic E-state index is 0.109. The second kappa shape index (κ2) is 3.79. The smallest absolute Gasteiger partial charge is 0.139 e. The normalized spacial score (nSPS) is 32.6. The first-order valence-electron chi connectivity index (χ1n) is 4.33. The van der Waals surface area contributed by atoms with Gasteiger partial charge in [-0.3, -0.25) is 0 Å². The first-order valence-corrected chi connectivity index (χ1v) is 5.55. The van der Waals surface area contributed by atoms with Gasteiger partial charge in [-0.2, -0.15) is 0 Å². The maximum atomic E-state index is 5.14. The monoisotopic (exact) mass is 201 g/mol. The molecule has 0 aromatic rings. The van der Waals surface area contributed by atoms with Crippen LogP contribution in [0.3, 0.4) is 0 Å². The van der Waals surface area contributed by atoms with Gasteiger partial charge in [0.25, 0.3) is 0 Å². The van der Waals surface area contributed by atoms with Crippen LogP contribution >= 0.6 is 24.0 Å². The molecule has 1 rings (SSSR count). The van der Waals surface area contributed by atoms with Gasteiger partial charge in [0.2, 0.25) is 0 Å². The average molecular weight is 201 g/mol. The molecule has 1 nitrogen and oxygen atoms in total. The molecule has 1 unspecified atom stereocenters. The highest BCUT2D eigenvalue weighted by molar-refractivity contribution is 8.26. The molecular formula is C9H15NS2. The van der Waals surface area contributed by atoms with Crippen molar-refractivity contribution in [2.24, 2.45) is 0 Å². The number of hydrogen-bond acceptors (Lipinski definition) is 2. The SMILES string of the molecule is CC/C=C1/SC(=S)NC1(C)CC. The maximum absolute atomic E-state index is 5.14. The summed E-state index contributed by atoms with van der Waals surface area (Å²) in [5.41, 5.74) is 0.109. The third-order valence-corrected chi connectivity index (χ3v) is 3.70. The van der Waals surface area contributed by atoms with Gasteiger partial charge in [-0.1, -0.05) is 43.9 Å². The molecule has 1 heterocycles. The molecule has 12 heavy (non-hydrogen) atoms. The molecule has 0 radical (unpaired) electrons. The lowest BCUT2D eigenvalue weighted by molar-refractivity contribution is 0.506. The molecule has 0 aliphatic carbocycles. The highest BCUT2D eigenvalue weighted by Crippen LogP contribution is 2.37. The van der Waals surface area contributed by atoms with Crippen molar-refractivity contribution in [2.45, 2.75) is 39.2 Å². The lowest BCUT2D eigenvalue weighted by Gasteiger charge is -2.23. The quantitative estimate of drug-likeness (QED) is 0.690. The zero-order chi connectivity index (χ0) is 9.19. The summed E-state index contributed by atoms with van der Waals surface area (Å²) in [5, 5.41) is 3.34. The molecule has 1 aliphatic rings. The Balaban J connectivity index is 2.86. The molecule has 1 aliphatic heterocycles. The Kier molecular flexibility index (Phi) is 3.18. The Morgan fingerprint density at radius 2 is 2.25 bits per heavy atom. The van der Waals surface area contributed by atoms with E-state index >= 15 is 0 Å². The van der Waals surface area contributed by atoms with Crippen molar-refractivity contribution < 1.29 is 0 Å². The van der Waals surface area contributed by atoms with Gasteiger partial charge < -0.3 is 5.32 Å². The Labute approximate surface area is 84.0 Å². The molecule has 0 saturated carbocycles. The van der Waals surface area contributed by atoms with Crippen molar-refractivity contribution in [2.75, 3.05) is 0 Å². The zero-order valence-corrected chi connectivity index (χ0v) is 9.44. The van der Waals surface area contributed by atoms with Crippen LogP contribution in [0.5, 0.6) is 0 Å². The van der Waals surface area contributed by atoms with E-state index in [0.29, 0.717) is 0 Å². The van der Waals surface area contributed by atoms with Crippen molar-refractivity contribution in [1.82, 2.24) is 5.32 Å². The van der Waals surface area contributed by atoms with E-state index in [9.17, 15) is 0 Å². The first kappa shape index (κ1) is 10.1. The highest BCUT2D eigenvalue weighted by atomic mass is 32.2. The lowest BCUT2D eigenvalue weighted by atomic mass is 9.98. The number of thioether (sulfide) groups is 1. The van der Waals surface area contributed by atoms with Crippen LogP contribution in [0.2, 0.25) is 0 Å². The summed E-state index contributed by atoms with van der Waals surface area (Å²) in [7, 11) is 0. The highest BCUT2D eigenvalue weighted by Gasteiger charge is 2.34. The number of allylic oxidation sites excluding steroid dienone is 1. The summed E-state index contributed by atoms with van der Waals surface area (Å²) in [5.74, 6) is 0. The number of hydrogen-bond donors (Lipinski definition) is 1. The van der Waals surface area contributed by atoms with Crippen LogP contribution in [0.25, 0.3) is 0 Å². The average Bonchev–Trinajstić information content (AvgIpc) is 2.29. The van der Waals surface area contributed by atoms with Crippen molar-refractivity contribution in [3.8, 4) is 0 Å². The molecule has 0 amide bonds. The van der Waals surface area contributed by atoms with Crippen LogP contribution in [0, 0.1) is 0 Å². The molecular weight excluding hydrogens is 186 g/mol. The fourth-order valence-electron chi connectivity index (χ4n) is 1.24. The predicted octanol–water partition coefficient (Wildman–Crippen LogP) is 3.07. The van der Waals surface area contributed by atoms with E-state index in [4.69, 9.17) is 12.2 Å². The first-order chi connectivity index (χ1) is 5.62. The van der Waals surface area contributed by atoms with Crippen molar-refractivity contribution in [3.05, 3.63) is 11.0 Å². The van der Waals surface area contributed by atoms with Crippen LogP contribution in [0.4, 0.5) is 0 Å². The molecule has 0 bridgehead atoms. The fraction of sp³-hybridized carbons (Fsp3) is 0.667. The molecule has 0 spiro atoms. The molecule has 1 saturated heterocycles. The molecule has 0 aromatic heterocycles. The van der Waals surface area contributed by atoms with Gasteiger partial charge in [-0.05, 0) is 19.8 Å². The van der Waals surface area contributed by atoms with Crippen LogP contribution in [0.15, 0.2) is 11.0 Å². The van der Waals surface area contributed by atoms with Gasteiger partial charge in [0.15, 0.2) is 0 Å².